The summed E-state index contributed by atoms with van der Waals surface area (Å²) in [6.45, 7) is 0.454. The highest BCUT2D eigenvalue weighted by Gasteiger charge is 2.29. The van der Waals surface area contributed by atoms with E-state index in [2.05, 4.69) is 10.3 Å². The molecular formula is C15H17N3O3. The third-order valence-electron chi connectivity index (χ3n) is 3.53. The summed E-state index contributed by atoms with van der Waals surface area (Å²) in [4.78, 5) is 16.0. The Hall–Kier alpha value is -2.18. The Labute approximate surface area is 122 Å². The molecule has 1 aliphatic heterocycles. The van der Waals surface area contributed by atoms with Gasteiger partial charge >= 0.3 is 0 Å². The predicted molar refractivity (Wildman–Crippen MR) is 77.5 cm³/mol. The maximum absolute atomic E-state index is 12.1. The summed E-state index contributed by atoms with van der Waals surface area (Å²) < 4.78 is 10.8. The van der Waals surface area contributed by atoms with Crippen molar-refractivity contribution in [1.29, 1.82) is 0 Å². The molecular weight excluding hydrogens is 270 g/mol. The first-order valence-corrected chi connectivity index (χ1v) is 6.91. The zero-order valence-electron chi connectivity index (χ0n) is 11.5. The molecule has 110 valence electrons. The van der Waals surface area contributed by atoms with E-state index in [1.165, 1.54) is 6.39 Å². The Kier molecular flexibility index (Phi) is 3.98. The highest BCUT2D eigenvalue weighted by Crippen LogP contribution is 2.23. The highest BCUT2D eigenvalue weighted by atomic mass is 16.5. The van der Waals surface area contributed by atoms with Gasteiger partial charge in [-0.15, -0.1) is 0 Å². The molecule has 0 spiro atoms. The van der Waals surface area contributed by atoms with Gasteiger partial charge in [0.1, 0.15) is 6.10 Å². The number of aromatic nitrogens is 1. The zero-order valence-corrected chi connectivity index (χ0v) is 11.5. The van der Waals surface area contributed by atoms with E-state index in [9.17, 15) is 4.79 Å². The van der Waals surface area contributed by atoms with Crippen LogP contribution in [-0.4, -0.2) is 29.6 Å². The third kappa shape index (κ3) is 3.12. The lowest BCUT2D eigenvalue weighted by Crippen LogP contribution is -2.29. The van der Waals surface area contributed by atoms with Crippen LogP contribution in [-0.2, 0) is 9.53 Å². The number of nitrogens with two attached hydrogens (primary N) is 1. The van der Waals surface area contributed by atoms with Gasteiger partial charge in [0.15, 0.2) is 12.2 Å². The minimum atomic E-state index is -0.410. The SMILES string of the molecule is NC[C@H]1CC[C@@H](C(=O)Nc2ccc(-c3cnco3)cc2)O1. The molecule has 0 aliphatic carbocycles. The summed E-state index contributed by atoms with van der Waals surface area (Å²) in [5, 5.41) is 2.85. The fourth-order valence-electron chi connectivity index (χ4n) is 2.37. The number of benzene rings is 1. The molecule has 0 saturated carbocycles. The fraction of sp³-hybridized carbons (Fsp3) is 0.333. The zero-order chi connectivity index (χ0) is 14.7. The van der Waals surface area contributed by atoms with Gasteiger partial charge < -0.3 is 20.2 Å². The van der Waals surface area contributed by atoms with Gasteiger partial charge in [-0.2, -0.15) is 0 Å². The molecule has 1 aromatic carbocycles. The van der Waals surface area contributed by atoms with Gasteiger partial charge in [0.25, 0.3) is 5.91 Å². The van der Waals surface area contributed by atoms with Crippen molar-refractivity contribution in [2.75, 3.05) is 11.9 Å². The normalized spacial score (nSPS) is 21.4. The number of carbonyl (C=O) groups excluding carboxylic acids is 1. The molecule has 0 bridgehead atoms. The molecule has 1 amide bonds. The second-order valence-electron chi connectivity index (χ2n) is 4.99. The highest BCUT2D eigenvalue weighted by molar-refractivity contribution is 5.94. The van der Waals surface area contributed by atoms with Crippen molar-refractivity contribution in [1.82, 2.24) is 4.98 Å². The number of nitrogens with one attached hydrogen (secondary N) is 1. The van der Waals surface area contributed by atoms with Crippen molar-refractivity contribution in [2.45, 2.75) is 25.0 Å². The number of nitrogens with zero attached hydrogens (tertiary/aromatic N) is 1. The van der Waals surface area contributed by atoms with Crippen molar-refractivity contribution >= 4 is 11.6 Å². The van der Waals surface area contributed by atoms with E-state index >= 15 is 0 Å². The van der Waals surface area contributed by atoms with Crippen LogP contribution in [0.15, 0.2) is 41.3 Å². The molecule has 2 atom stereocenters. The minimum absolute atomic E-state index is 0.00502. The van der Waals surface area contributed by atoms with Crippen molar-refractivity contribution in [3.05, 3.63) is 36.9 Å². The summed E-state index contributed by atoms with van der Waals surface area (Å²) in [6, 6.07) is 7.39. The molecule has 6 nitrogen and oxygen atoms in total. The Morgan fingerprint density at radius 3 is 2.76 bits per heavy atom. The molecule has 0 radical (unpaired) electrons. The molecule has 3 rings (SSSR count). The summed E-state index contributed by atoms with van der Waals surface area (Å²) in [6.07, 6.45) is 4.16. The number of hydrogen-bond acceptors (Lipinski definition) is 5. The molecule has 6 heteroatoms. The summed E-state index contributed by atoms with van der Waals surface area (Å²) in [5.41, 5.74) is 7.17. The van der Waals surface area contributed by atoms with E-state index in [1.54, 1.807) is 6.20 Å². The van der Waals surface area contributed by atoms with Crippen LogP contribution in [0.4, 0.5) is 5.69 Å². The van der Waals surface area contributed by atoms with E-state index in [4.69, 9.17) is 14.9 Å². The van der Waals surface area contributed by atoms with Gasteiger partial charge in [0.05, 0.1) is 12.3 Å². The minimum Gasteiger partial charge on any atom is -0.444 e. The Morgan fingerprint density at radius 1 is 1.33 bits per heavy atom. The van der Waals surface area contributed by atoms with Crippen LogP contribution in [0, 0.1) is 0 Å². The van der Waals surface area contributed by atoms with Crippen LogP contribution in [0.3, 0.4) is 0 Å². The average Bonchev–Trinajstić information content (AvgIpc) is 3.19. The van der Waals surface area contributed by atoms with E-state index < -0.39 is 6.10 Å². The van der Waals surface area contributed by atoms with Crippen LogP contribution in [0.25, 0.3) is 11.3 Å². The van der Waals surface area contributed by atoms with E-state index in [-0.39, 0.29) is 12.0 Å². The van der Waals surface area contributed by atoms with Crippen LogP contribution in [0.5, 0.6) is 0 Å². The first kappa shape index (κ1) is 13.8. The number of hydrogen-bond donors (Lipinski definition) is 2. The lowest BCUT2D eigenvalue weighted by molar-refractivity contribution is -0.126. The number of carbonyl (C=O) groups is 1. The maximum Gasteiger partial charge on any atom is 0.253 e. The van der Waals surface area contributed by atoms with Crippen molar-refractivity contribution in [2.24, 2.45) is 5.73 Å². The maximum atomic E-state index is 12.1. The second kappa shape index (κ2) is 6.07. The Bertz CT molecular complexity index is 595. The van der Waals surface area contributed by atoms with E-state index in [0.29, 0.717) is 18.7 Å². The monoisotopic (exact) mass is 287 g/mol. The van der Waals surface area contributed by atoms with Gasteiger partial charge in [-0.25, -0.2) is 4.98 Å². The number of anilines is 1. The quantitative estimate of drug-likeness (QED) is 0.894. The molecule has 0 unspecified atom stereocenters. The molecule has 21 heavy (non-hydrogen) atoms. The molecule has 1 aliphatic rings. The first-order chi connectivity index (χ1) is 10.3. The molecule has 2 heterocycles. The van der Waals surface area contributed by atoms with Crippen LogP contribution < -0.4 is 11.1 Å². The number of oxazole rings is 1. The number of amides is 1. The summed E-state index contributed by atoms with van der Waals surface area (Å²) >= 11 is 0. The van der Waals surface area contributed by atoms with Gasteiger partial charge in [0, 0.05) is 17.8 Å². The largest absolute Gasteiger partial charge is 0.444 e. The standard InChI is InChI=1S/C15H17N3O3/c16-7-12-5-6-13(21-12)15(19)18-11-3-1-10(2-4-11)14-8-17-9-20-14/h1-4,8-9,12-13H,5-7,16H2,(H,18,19)/t12-,13+/m1/s1. The van der Waals surface area contributed by atoms with Gasteiger partial charge in [-0.3, -0.25) is 4.79 Å². The van der Waals surface area contributed by atoms with E-state index in [0.717, 1.165) is 17.7 Å². The summed E-state index contributed by atoms with van der Waals surface area (Å²) in [5.74, 6) is 0.566. The van der Waals surface area contributed by atoms with Gasteiger partial charge in [-0.1, -0.05) is 0 Å². The van der Waals surface area contributed by atoms with Gasteiger partial charge in [-0.05, 0) is 37.1 Å². The third-order valence-corrected chi connectivity index (χ3v) is 3.53. The topological polar surface area (TPSA) is 90.4 Å². The number of rotatable bonds is 4. The van der Waals surface area contributed by atoms with Crippen molar-refractivity contribution in [3.8, 4) is 11.3 Å². The molecule has 1 aromatic heterocycles. The smallest absolute Gasteiger partial charge is 0.253 e. The fourth-order valence-corrected chi connectivity index (χ4v) is 2.37. The number of ether oxygens (including phenoxy) is 1. The molecule has 3 N–H and O–H groups in total. The van der Waals surface area contributed by atoms with E-state index in [1.807, 2.05) is 24.3 Å². The summed E-state index contributed by atoms with van der Waals surface area (Å²) in [7, 11) is 0. The second-order valence-corrected chi connectivity index (χ2v) is 4.99. The predicted octanol–water partition coefficient (Wildman–Crippen LogP) is 1.79. The van der Waals surface area contributed by atoms with Gasteiger partial charge in [0.2, 0.25) is 0 Å². The van der Waals surface area contributed by atoms with Crippen LogP contribution >= 0.6 is 0 Å². The van der Waals surface area contributed by atoms with Crippen LogP contribution in [0.2, 0.25) is 0 Å². The molecule has 1 fully saturated rings. The van der Waals surface area contributed by atoms with Crippen LogP contribution in [0.1, 0.15) is 12.8 Å². The lowest BCUT2D eigenvalue weighted by Gasteiger charge is -2.12. The Balaban J connectivity index is 1.62. The average molecular weight is 287 g/mol. The van der Waals surface area contributed by atoms with Crippen molar-refractivity contribution in [3.63, 3.8) is 0 Å². The molecule has 2 aromatic rings. The molecule has 1 saturated heterocycles. The lowest BCUT2D eigenvalue weighted by atomic mass is 10.1. The Morgan fingerprint density at radius 2 is 2.14 bits per heavy atom. The van der Waals surface area contributed by atoms with Crippen molar-refractivity contribution < 1.29 is 13.9 Å². The first-order valence-electron chi connectivity index (χ1n) is 6.91.